The highest BCUT2D eigenvalue weighted by molar-refractivity contribution is 5.78. The second-order valence-corrected chi connectivity index (χ2v) is 13.2. The number of hydrogen-bond donors (Lipinski definition) is 1. The van der Waals surface area contributed by atoms with E-state index in [1.807, 2.05) is 24.3 Å². The van der Waals surface area contributed by atoms with Crippen molar-refractivity contribution in [2.24, 2.45) is 0 Å². The van der Waals surface area contributed by atoms with E-state index in [9.17, 15) is 5.11 Å². The summed E-state index contributed by atoms with van der Waals surface area (Å²) in [4.78, 5) is 24.6. The van der Waals surface area contributed by atoms with Crippen molar-refractivity contribution in [3.8, 4) is 0 Å². The van der Waals surface area contributed by atoms with Crippen molar-refractivity contribution in [1.29, 1.82) is 0 Å². The van der Waals surface area contributed by atoms with E-state index in [0.717, 1.165) is 93.6 Å². The highest BCUT2D eigenvalue weighted by Crippen LogP contribution is 2.26. The number of para-hydroxylation sites is 8. The van der Waals surface area contributed by atoms with Gasteiger partial charge in [0.1, 0.15) is 23.3 Å². The van der Waals surface area contributed by atoms with Crippen molar-refractivity contribution < 1.29 is 5.11 Å². The Bertz CT molecular complexity index is 2150. The lowest BCUT2D eigenvalue weighted by Crippen LogP contribution is -2.48. The molecule has 0 saturated carbocycles. The van der Waals surface area contributed by atoms with Gasteiger partial charge >= 0.3 is 0 Å². The predicted molar refractivity (Wildman–Crippen MR) is 206 cm³/mol. The molecule has 0 aliphatic heterocycles. The van der Waals surface area contributed by atoms with Crippen LogP contribution in [-0.2, 0) is 52.4 Å². The SMILES string of the molecule is CCn1c(CN(Cc2nc3ccccc3n2CC)C(O)N(Cc2nc3ccccc3n2CC)Cc2nc3ccccc3n2CC)nc2ccccc21. The maximum absolute atomic E-state index is 12.9. The maximum atomic E-state index is 12.9. The maximum Gasteiger partial charge on any atom is 0.167 e. The van der Waals surface area contributed by atoms with Crippen LogP contribution in [0.15, 0.2) is 97.1 Å². The van der Waals surface area contributed by atoms with Crippen molar-refractivity contribution in [3.63, 3.8) is 0 Å². The number of imidazole rings is 4. The van der Waals surface area contributed by atoms with E-state index >= 15 is 0 Å². The van der Waals surface area contributed by atoms with Crippen LogP contribution in [0.25, 0.3) is 44.1 Å². The molecule has 0 aliphatic rings. The van der Waals surface area contributed by atoms with Crippen LogP contribution in [0, 0.1) is 0 Å². The highest BCUT2D eigenvalue weighted by Gasteiger charge is 2.30. The Kier molecular flexibility index (Phi) is 9.31. The minimum absolute atomic E-state index is 0.404. The van der Waals surface area contributed by atoms with Crippen LogP contribution in [0.4, 0.5) is 0 Å². The molecule has 0 radical (unpaired) electrons. The Morgan fingerprint density at radius 3 is 0.885 bits per heavy atom. The monoisotopic (exact) mass is 694 g/mol. The standard InChI is InChI=1S/C41H46N10O/c1-5-48-33-21-13-9-17-29(33)42-37(48)25-46(26-38-43-30-18-10-14-22-34(30)49(38)6-2)41(52)47(27-39-44-31-19-11-15-23-35(31)50(39)7-3)28-40-45-32-20-12-16-24-36(32)51(40)8-4/h9-24,41,52H,5-8,25-28H2,1-4H3. The second-order valence-electron chi connectivity index (χ2n) is 13.2. The van der Waals surface area contributed by atoms with Crippen molar-refractivity contribution in [2.75, 3.05) is 0 Å². The summed E-state index contributed by atoms with van der Waals surface area (Å²) in [6, 6.07) is 33.0. The van der Waals surface area contributed by atoms with E-state index in [1.165, 1.54) is 0 Å². The van der Waals surface area contributed by atoms with E-state index in [0.29, 0.717) is 26.2 Å². The molecular weight excluding hydrogens is 649 g/mol. The van der Waals surface area contributed by atoms with Crippen LogP contribution < -0.4 is 0 Å². The summed E-state index contributed by atoms with van der Waals surface area (Å²) in [6.07, 6.45) is -1.04. The summed E-state index contributed by atoms with van der Waals surface area (Å²) in [5.41, 5.74) is 8.11. The molecule has 4 aromatic carbocycles. The number of aliphatic hydroxyl groups excluding tert-OH is 1. The van der Waals surface area contributed by atoms with E-state index in [2.05, 4.69) is 129 Å². The Morgan fingerprint density at radius 2 is 0.654 bits per heavy atom. The minimum atomic E-state index is -1.04. The van der Waals surface area contributed by atoms with Crippen molar-refractivity contribution in [1.82, 2.24) is 48.0 Å². The van der Waals surface area contributed by atoms with Crippen molar-refractivity contribution >= 4 is 44.1 Å². The van der Waals surface area contributed by atoms with Crippen molar-refractivity contribution in [3.05, 3.63) is 120 Å². The van der Waals surface area contributed by atoms with Crippen LogP contribution in [0.1, 0.15) is 51.0 Å². The van der Waals surface area contributed by atoms with Gasteiger partial charge in [-0.15, -0.1) is 0 Å². The molecule has 52 heavy (non-hydrogen) atoms. The fraction of sp³-hybridized carbons (Fsp3) is 0.317. The smallest absolute Gasteiger partial charge is 0.167 e. The molecule has 4 heterocycles. The van der Waals surface area contributed by atoms with Gasteiger partial charge in [0.2, 0.25) is 0 Å². The molecule has 11 nitrogen and oxygen atoms in total. The normalized spacial score (nSPS) is 12.3. The number of aliphatic hydroxyl groups is 1. The first-order valence-electron chi connectivity index (χ1n) is 18.4. The zero-order chi connectivity index (χ0) is 35.8. The van der Waals surface area contributed by atoms with Gasteiger partial charge in [0, 0.05) is 26.2 Å². The van der Waals surface area contributed by atoms with Crippen LogP contribution >= 0.6 is 0 Å². The number of aromatic nitrogens is 8. The van der Waals surface area contributed by atoms with Gasteiger partial charge in [0.25, 0.3) is 0 Å². The number of aryl methyl sites for hydroxylation is 4. The van der Waals surface area contributed by atoms with Gasteiger partial charge < -0.3 is 23.4 Å². The number of hydrogen-bond acceptors (Lipinski definition) is 7. The van der Waals surface area contributed by atoms with Gasteiger partial charge in [0.15, 0.2) is 6.35 Å². The molecule has 0 bridgehead atoms. The average molecular weight is 695 g/mol. The summed E-state index contributed by atoms with van der Waals surface area (Å²) < 4.78 is 8.98. The van der Waals surface area contributed by atoms with Gasteiger partial charge in [0.05, 0.1) is 70.3 Å². The van der Waals surface area contributed by atoms with Crippen LogP contribution in [-0.4, -0.2) is 59.5 Å². The first-order chi connectivity index (χ1) is 25.5. The van der Waals surface area contributed by atoms with E-state index in [-0.39, 0.29) is 0 Å². The number of nitrogens with zero attached hydrogens (tertiary/aromatic N) is 10. The summed E-state index contributed by atoms with van der Waals surface area (Å²) in [5.74, 6) is 3.57. The molecule has 266 valence electrons. The third-order valence-electron chi connectivity index (χ3n) is 10.2. The Morgan fingerprint density at radius 1 is 0.423 bits per heavy atom. The summed E-state index contributed by atoms with van der Waals surface area (Å²) >= 11 is 0. The molecule has 0 amide bonds. The molecule has 1 N–H and O–H groups in total. The number of rotatable bonds is 14. The Balaban J connectivity index is 1.25. The largest absolute Gasteiger partial charge is 0.365 e. The van der Waals surface area contributed by atoms with Gasteiger partial charge in [-0.1, -0.05) is 48.5 Å². The van der Waals surface area contributed by atoms with E-state index in [4.69, 9.17) is 19.9 Å². The highest BCUT2D eigenvalue weighted by atomic mass is 16.3. The lowest BCUT2D eigenvalue weighted by molar-refractivity contribution is -0.133. The van der Waals surface area contributed by atoms with Crippen LogP contribution in [0.5, 0.6) is 0 Å². The van der Waals surface area contributed by atoms with Crippen LogP contribution in [0.3, 0.4) is 0 Å². The molecule has 0 aliphatic carbocycles. The topological polar surface area (TPSA) is 98.0 Å². The number of benzene rings is 4. The van der Waals surface area contributed by atoms with Gasteiger partial charge in [-0.25, -0.2) is 19.9 Å². The van der Waals surface area contributed by atoms with E-state index in [1.54, 1.807) is 0 Å². The average Bonchev–Trinajstić information content (AvgIpc) is 3.92. The van der Waals surface area contributed by atoms with Gasteiger partial charge in [-0.3, -0.25) is 9.80 Å². The van der Waals surface area contributed by atoms with Crippen molar-refractivity contribution in [2.45, 2.75) is 86.4 Å². The Labute approximate surface area is 303 Å². The molecule has 0 spiro atoms. The lowest BCUT2D eigenvalue weighted by atomic mass is 10.3. The van der Waals surface area contributed by atoms with Crippen LogP contribution in [0.2, 0.25) is 0 Å². The first kappa shape index (κ1) is 33.8. The molecule has 8 rings (SSSR count). The summed E-state index contributed by atoms with van der Waals surface area (Å²) in [6.45, 7) is 13.2. The summed E-state index contributed by atoms with van der Waals surface area (Å²) in [7, 11) is 0. The third kappa shape index (κ3) is 6.04. The molecule has 0 atom stereocenters. The van der Waals surface area contributed by atoms with Gasteiger partial charge in [-0.05, 0) is 76.2 Å². The molecule has 0 fully saturated rings. The molecule has 8 aromatic rings. The second kappa shape index (κ2) is 14.3. The Hall–Kier alpha value is -5.36. The number of fused-ring (bicyclic) bond motifs is 4. The fourth-order valence-corrected chi connectivity index (χ4v) is 7.79. The quantitative estimate of drug-likeness (QED) is 0.121. The first-order valence-corrected chi connectivity index (χ1v) is 18.4. The fourth-order valence-electron chi connectivity index (χ4n) is 7.79. The molecule has 11 heteroatoms. The molecule has 0 saturated heterocycles. The van der Waals surface area contributed by atoms with Gasteiger partial charge in [-0.2, -0.15) is 0 Å². The van der Waals surface area contributed by atoms with E-state index < -0.39 is 6.35 Å². The zero-order valence-corrected chi connectivity index (χ0v) is 30.4. The zero-order valence-electron chi connectivity index (χ0n) is 30.4. The minimum Gasteiger partial charge on any atom is -0.365 e. The molecular formula is C41H46N10O. The lowest BCUT2D eigenvalue weighted by Gasteiger charge is -2.35. The third-order valence-corrected chi connectivity index (χ3v) is 10.2. The predicted octanol–water partition coefficient (Wildman–Crippen LogP) is 7.15. The summed E-state index contributed by atoms with van der Waals surface area (Å²) in [5, 5.41) is 12.9. The molecule has 4 aromatic heterocycles. The molecule has 0 unspecified atom stereocenters.